The van der Waals surface area contributed by atoms with E-state index in [0.29, 0.717) is 12.5 Å². The number of hydrogen-bond donors (Lipinski definition) is 0. The quantitative estimate of drug-likeness (QED) is 0.608. The van der Waals surface area contributed by atoms with E-state index in [0.717, 1.165) is 16.5 Å². The van der Waals surface area contributed by atoms with Crippen LogP contribution >= 0.6 is 0 Å². The first-order chi connectivity index (χ1) is 8.56. The predicted octanol–water partition coefficient (Wildman–Crippen LogP) is 3.78. The highest BCUT2D eigenvalue weighted by Gasteiger charge is 2.06. The molecule has 18 heavy (non-hydrogen) atoms. The molecule has 0 aliphatic rings. The summed E-state index contributed by atoms with van der Waals surface area (Å²) in [6.07, 6.45) is 0. The molecule has 2 aromatic carbocycles. The Morgan fingerprint density at radius 2 is 1.83 bits per heavy atom. The van der Waals surface area contributed by atoms with Crippen molar-refractivity contribution < 1.29 is 9.66 Å². The summed E-state index contributed by atoms with van der Waals surface area (Å²) < 4.78 is 5.62. The highest BCUT2D eigenvalue weighted by Crippen LogP contribution is 2.25. The van der Waals surface area contributed by atoms with Crippen LogP contribution in [0.15, 0.2) is 36.4 Å². The van der Waals surface area contributed by atoms with Crippen LogP contribution < -0.4 is 4.74 Å². The smallest absolute Gasteiger partial charge is 0.270 e. The number of nitrogens with zero attached hydrogens (tertiary/aromatic N) is 1. The Bertz CT molecular complexity index is 578. The number of rotatable bonds is 4. The van der Waals surface area contributed by atoms with Gasteiger partial charge in [-0.2, -0.15) is 0 Å². The van der Waals surface area contributed by atoms with Gasteiger partial charge < -0.3 is 4.74 Å². The summed E-state index contributed by atoms with van der Waals surface area (Å²) in [4.78, 5) is 10.3. The fraction of sp³-hybridized carbons (Fsp3) is 0.286. The molecular weight excluding hydrogens is 230 g/mol. The van der Waals surface area contributed by atoms with Gasteiger partial charge in [0.25, 0.3) is 5.69 Å². The lowest BCUT2D eigenvalue weighted by Gasteiger charge is -2.09. The maximum atomic E-state index is 10.7. The van der Waals surface area contributed by atoms with Crippen LogP contribution in [0.25, 0.3) is 10.8 Å². The first kappa shape index (κ1) is 12.4. The Balaban J connectivity index is 2.29. The molecule has 2 rings (SSSR count). The van der Waals surface area contributed by atoms with Crippen LogP contribution in [0.3, 0.4) is 0 Å². The molecule has 0 aliphatic heterocycles. The fourth-order valence-electron chi connectivity index (χ4n) is 1.68. The SMILES string of the molecule is CC(C)COc1ccc2cc([N+](=O)[O-])ccc2c1. The van der Waals surface area contributed by atoms with Crippen molar-refractivity contribution in [3.8, 4) is 5.75 Å². The van der Waals surface area contributed by atoms with Crippen molar-refractivity contribution in [2.24, 2.45) is 5.92 Å². The summed E-state index contributed by atoms with van der Waals surface area (Å²) in [5.74, 6) is 1.27. The molecule has 0 unspecified atom stereocenters. The minimum absolute atomic E-state index is 0.110. The molecule has 0 N–H and O–H groups in total. The third-order valence-corrected chi connectivity index (χ3v) is 2.59. The average molecular weight is 245 g/mol. The molecule has 0 aromatic heterocycles. The lowest BCUT2D eigenvalue weighted by atomic mass is 10.1. The molecule has 0 spiro atoms. The van der Waals surface area contributed by atoms with Crippen molar-refractivity contribution in [2.75, 3.05) is 6.61 Å². The van der Waals surface area contributed by atoms with Crippen LogP contribution in [-0.4, -0.2) is 11.5 Å². The van der Waals surface area contributed by atoms with Crippen LogP contribution in [0.1, 0.15) is 13.8 Å². The van der Waals surface area contributed by atoms with Gasteiger partial charge in [0.1, 0.15) is 5.75 Å². The number of nitro groups is 1. The molecule has 4 heteroatoms. The molecule has 0 heterocycles. The van der Waals surface area contributed by atoms with Gasteiger partial charge in [-0.3, -0.25) is 10.1 Å². The predicted molar refractivity (Wildman–Crippen MR) is 70.9 cm³/mol. The maximum Gasteiger partial charge on any atom is 0.270 e. The minimum Gasteiger partial charge on any atom is -0.493 e. The Morgan fingerprint density at radius 3 is 2.50 bits per heavy atom. The third kappa shape index (κ3) is 2.77. The van der Waals surface area contributed by atoms with Gasteiger partial charge in [0.05, 0.1) is 11.5 Å². The molecular formula is C14H15NO3. The third-order valence-electron chi connectivity index (χ3n) is 2.59. The van der Waals surface area contributed by atoms with E-state index in [1.807, 2.05) is 18.2 Å². The van der Waals surface area contributed by atoms with Crippen molar-refractivity contribution in [1.82, 2.24) is 0 Å². The van der Waals surface area contributed by atoms with Crippen molar-refractivity contribution in [3.05, 3.63) is 46.5 Å². The van der Waals surface area contributed by atoms with E-state index in [1.54, 1.807) is 12.1 Å². The highest BCUT2D eigenvalue weighted by molar-refractivity contribution is 5.85. The molecule has 0 saturated carbocycles. The van der Waals surface area contributed by atoms with Crippen molar-refractivity contribution in [3.63, 3.8) is 0 Å². The number of nitro benzene ring substituents is 1. The Labute approximate surface area is 105 Å². The number of non-ortho nitro benzene ring substituents is 1. The summed E-state index contributed by atoms with van der Waals surface area (Å²) >= 11 is 0. The normalized spacial score (nSPS) is 10.8. The molecule has 2 aromatic rings. The zero-order valence-electron chi connectivity index (χ0n) is 10.4. The van der Waals surface area contributed by atoms with Crippen molar-refractivity contribution >= 4 is 16.5 Å². The molecule has 0 aliphatic carbocycles. The second-order valence-electron chi connectivity index (χ2n) is 4.66. The van der Waals surface area contributed by atoms with Crippen LogP contribution in [0.2, 0.25) is 0 Å². The monoisotopic (exact) mass is 245 g/mol. The minimum atomic E-state index is -0.386. The fourth-order valence-corrected chi connectivity index (χ4v) is 1.68. The lowest BCUT2D eigenvalue weighted by molar-refractivity contribution is -0.384. The van der Waals surface area contributed by atoms with Gasteiger partial charge in [0, 0.05) is 12.1 Å². The van der Waals surface area contributed by atoms with Crippen LogP contribution in [-0.2, 0) is 0 Å². The Kier molecular flexibility index (Phi) is 3.46. The van der Waals surface area contributed by atoms with Gasteiger partial charge in [0.15, 0.2) is 0 Å². The number of ether oxygens (including phenoxy) is 1. The summed E-state index contributed by atoms with van der Waals surface area (Å²) in [7, 11) is 0. The lowest BCUT2D eigenvalue weighted by Crippen LogP contribution is -2.04. The summed E-state index contributed by atoms with van der Waals surface area (Å²) in [6.45, 7) is 4.84. The number of fused-ring (bicyclic) bond motifs is 1. The average Bonchev–Trinajstić information content (AvgIpc) is 2.35. The highest BCUT2D eigenvalue weighted by atomic mass is 16.6. The van der Waals surface area contributed by atoms with E-state index in [9.17, 15) is 10.1 Å². The van der Waals surface area contributed by atoms with E-state index in [-0.39, 0.29) is 10.6 Å². The summed E-state index contributed by atoms with van der Waals surface area (Å²) in [5.41, 5.74) is 0.110. The molecule has 0 atom stereocenters. The van der Waals surface area contributed by atoms with Crippen LogP contribution in [0.5, 0.6) is 5.75 Å². The molecule has 0 bridgehead atoms. The molecule has 0 saturated heterocycles. The summed E-state index contributed by atoms with van der Waals surface area (Å²) in [5, 5.41) is 12.5. The van der Waals surface area contributed by atoms with Gasteiger partial charge >= 0.3 is 0 Å². The summed E-state index contributed by atoms with van der Waals surface area (Å²) in [6, 6.07) is 10.4. The molecule has 0 amide bonds. The zero-order valence-corrected chi connectivity index (χ0v) is 10.4. The van der Waals surface area contributed by atoms with E-state index < -0.39 is 0 Å². The second kappa shape index (κ2) is 5.04. The van der Waals surface area contributed by atoms with Crippen LogP contribution in [0.4, 0.5) is 5.69 Å². The maximum absolute atomic E-state index is 10.7. The standard InChI is InChI=1S/C14H15NO3/c1-10(2)9-18-14-6-4-11-7-13(15(16)17)5-3-12(11)8-14/h3-8,10H,9H2,1-2H3. The van der Waals surface area contributed by atoms with Crippen LogP contribution in [0, 0.1) is 16.0 Å². The van der Waals surface area contributed by atoms with Crippen molar-refractivity contribution in [1.29, 1.82) is 0 Å². The Hall–Kier alpha value is -2.10. The molecule has 94 valence electrons. The number of benzene rings is 2. The van der Waals surface area contributed by atoms with Gasteiger partial charge in [-0.25, -0.2) is 0 Å². The second-order valence-corrected chi connectivity index (χ2v) is 4.66. The zero-order chi connectivity index (χ0) is 13.1. The first-order valence-electron chi connectivity index (χ1n) is 5.87. The van der Waals surface area contributed by atoms with Gasteiger partial charge in [-0.15, -0.1) is 0 Å². The number of hydrogen-bond acceptors (Lipinski definition) is 3. The van der Waals surface area contributed by atoms with Gasteiger partial charge in [-0.05, 0) is 34.9 Å². The van der Waals surface area contributed by atoms with Gasteiger partial charge in [0.2, 0.25) is 0 Å². The largest absolute Gasteiger partial charge is 0.493 e. The van der Waals surface area contributed by atoms with Crippen molar-refractivity contribution in [2.45, 2.75) is 13.8 Å². The topological polar surface area (TPSA) is 52.4 Å². The van der Waals surface area contributed by atoms with E-state index in [4.69, 9.17) is 4.74 Å². The Morgan fingerprint density at radius 1 is 1.17 bits per heavy atom. The molecule has 4 nitrogen and oxygen atoms in total. The van der Waals surface area contributed by atoms with E-state index in [2.05, 4.69) is 13.8 Å². The van der Waals surface area contributed by atoms with E-state index in [1.165, 1.54) is 6.07 Å². The van der Waals surface area contributed by atoms with E-state index >= 15 is 0 Å². The first-order valence-corrected chi connectivity index (χ1v) is 5.87. The molecule has 0 radical (unpaired) electrons. The van der Waals surface area contributed by atoms with Gasteiger partial charge in [-0.1, -0.05) is 19.9 Å². The molecule has 0 fully saturated rings.